The molecule has 0 aliphatic rings. The molecule has 0 atom stereocenters. The summed E-state index contributed by atoms with van der Waals surface area (Å²) in [5, 5.41) is 0. The number of rotatable bonds is 1. The highest BCUT2D eigenvalue weighted by Crippen LogP contribution is 2.35. The van der Waals surface area contributed by atoms with E-state index in [0.29, 0.717) is 0 Å². The van der Waals surface area contributed by atoms with Crippen molar-refractivity contribution in [2.24, 2.45) is 0 Å². The number of methoxy groups -OCH3 is 1. The molecular formula is C9H9I3O. The molecule has 4 heteroatoms. The molecule has 72 valence electrons. The van der Waals surface area contributed by atoms with Gasteiger partial charge in [-0.2, -0.15) is 0 Å². The minimum atomic E-state index is 1.01. The predicted molar refractivity (Wildman–Crippen MR) is 80.6 cm³/mol. The molecule has 0 bridgehead atoms. The fourth-order valence-corrected chi connectivity index (χ4v) is 4.70. The normalized spacial score (nSPS) is 10.3. The second kappa shape index (κ2) is 4.82. The van der Waals surface area contributed by atoms with E-state index in [-0.39, 0.29) is 0 Å². The van der Waals surface area contributed by atoms with Crippen LogP contribution in [0.1, 0.15) is 11.1 Å². The Morgan fingerprint density at radius 2 is 1.23 bits per heavy atom. The Hall–Kier alpha value is 1.21. The summed E-state index contributed by atoms with van der Waals surface area (Å²) in [5.74, 6) is 1.01. The first-order chi connectivity index (χ1) is 6.00. The molecule has 0 aliphatic heterocycles. The summed E-state index contributed by atoms with van der Waals surface area (Å²) in [6.07, 6.45) is 0. The van der Waals surface area contributed by atoms with Crippen LogP contribution in [0.15, 0.2) is 0 Å². The molecule has 0 amide bonds. The van der Waals surface area contributed by atoms with Crippen molar-refractivity contribution in [3.63, 3.8) is 0 Å². The molecule has 0 heterocycles. The minimum absolute atomic E-state index is 1.01. The van der Waals surface area contributed by atoms with Crippen molar-refractivity contribution < 1.29 is 4.74 Å². The number of hydrogen-bond donors (Lipinski definition) is 0. The molecule has 1 aromatic rings. The lowest BCUT2D eigenvalue weighted by atomic mass is 10.1. The Bertz CT molecular complexity index is 318. The van der Waals surface area contributed by atoms with E-state index in [1.54, 1.807) is 7.11 Å². The average molecular weight is 514 g/mol. The summed E-state index contributed by atoms with van der Waals surface area (Å²) in [5.41, 5.74) is 2.63. The van der Waals surface area contributed by atoms with Gasteiger partial charge in [-0.3, -0.25) is 0 Å². The van der Waals surface area contributed by atoms with Crippen LogP contribution >= 0.6 is 67.8 Å². The maximum absolute atomic E-state index is 5.37. The van der Waals surface area contributed by atoms with Crippen molar-refractivity contribution >= 4 is 67.8 Å². The van der Waals surface area contributed by atoms with E-state index in [9.17, 15) is 0 Å². The maximum atomic E-state index is 5.37. The van der Waals surface area contributed by atoms with E-state index in [2.05, 4.69) is 81.6 Å². The van der Waals surface area contributed by atoms with Crippen molar-refractivity contribution in [2.75, 3.05) is 7.11 Å². The molecule has 0 spiro atoms. The van der Waals surface area contributed by atoms with Crippen LogP contribution in [0.2, 0.25) is 0 Å². The largest absolute Gasteiger partial charge is 0.495 e. The third-order valence-corrected chi connectivity index (χ3v) is 6.14. The van der Waals surface area contributed by atoms with Crippen molar-refractivity contribution in [1.29, 1.82) is 0 Å². The molecule has 0 N–H and O–H groups in total. The highest BCUT2D eigenvalue weighted by Gasteiger charge is 2.15. The van der Waals surface area contributed by atoms with E-state index in [0.717, 1.165) is 5.75 Å². The van der Waals surface area contributed by atoms with Crippen LogP contribution in [-0.4, -0.2) is 7.11 Å². The van der Waals surface area contributed by atoms with E-state index in [1.807, 2.05) is 0 Å². The second-order valence-corrected chi connectivity index (χ2v) is 5.96. The molecule has 1 rings (SSSR count). The molecule has 0 saturated heterocycles. The van der Waals surface area contributed by atoms with Gasteiger partial charge in [0, 0.05) is 3.57 Å². The van der Waals surface area contributed by atoms with Gasteiger partial charge >= 0.3 is 0 Å². The van der Waals surface area contributed by atoms with Gasteiger partial charge in [0.25, 0.3) is 0 Å². The van der Waals surface area contributed by atoms with E-state index < -0.39 is 0 Å². The quantitative estimate of drug-likeness (QED) is 0.513. The number of halogens is 3. The van der Waals surface area contributed by atoms with Crippen LogP contribution in [0.25, 0.3) is 0 Å². The predicted octanol–water partition coefficient (Wildman–Crippen LogP) is 4.13. The molecule has 0 unspecified atom stereocenters. The third-order valence-electron chi connectivity index (χ3n) is 1.92. The smallest absolute Gasteiger partial charge is 0.146 e. The second-order valence-electron chi connectivity index (χ2n) is 2.73. The molecule has 1 aromatic carbocycles. The van der Waals surface area contributed by atoms with Gasteiger partial charge < -0.3 is 4.74 Å². The van der Waals surface area contributed by atoms with Crippen LogP contribution in [-0.2, 0) is 0 Å². The van der Waals surface area contributed by atoms with Crippen LogP contribution in [0.5, 0.6) is 5.75 Å². The zero-order valence-electron chi connectivity index (χ0n) is 7.54. The van der Waals surface area contributed by atoms with Crippen molar-refractivity contribution in [3.8, 4) is 5.75 Å². The van der Waals surface area contributed by atoms with Crippen molar-refractivity contribution in [2.45, 2.75) is 13.8 Å². The van der Waals surface area contributed by atoms with Gasteiger partial charge in [0.1, 0.15) is 5.75 Å². The van der Waals surface area contributed by atoms with E-state index in [1.165, 1.54) is 21.8 Å². The molecular weight excluding hydrogens is 505 g/mol. The topological polar surface area (TPSA) is 9.23 Å². The standard InChI is InChI=1S/C9H9I3O/c1-4-6(10)5(2)8(12)9(13-3)7(4)11/h1-3H3. The first-order valence-corrected chi connectivity index (χ1v) is 6.92. The Morgan fingerprint density at radius 1 is 0.846 bits per heavy atom. The van der Waals surface area contributed by atoms with Gasteiger partial charge in [0.15, 0.2) is 0 Å². The molecule has 1 nitrogen and oxygen atoms in total. The zero-order valence-corrected chi connectivity index (χ0v) is 14.0. The van der Waals surface area contributed by atoms with Crippen molar-refractivity contribution in [1.82, 2.24) is 0 Å². The monoisotopic (exact) mass is 514 g/mol. The van der Waals surface area contributed by atoms with Crippen LogP contribution in [0, 0.1) is 24.6 Å². The fourth-order valence-electron chi connectivity index (χ4n) is 1.09. The summed E-state index contributed by atoms with van der Waals surface area (Å²) in [6, 6.07) is 0. The lowest BCUT2D eigenvalue weighted by molar-refractivity contribution is 0.408. The lowest BCUT2D eigenvalue weighted by Crippen LogP contribution is -1.99. The van der Waals surface area contributed by atoms with E-state index in [4.69, 9.17) is 4.74 Å². The van der Waals surface area contributed by atoms with Gasteiger partial charge in [-0.15, -0.1) is 0 Å². The maximum Gasteiger partial charge on any atom is 0.146 e. The van der Waals surface area contributed by atoms with Crippen LogP contribution < -0.4 is 4.74 Å². The highest BCUT2D eigenvalue weighted by molar-refractivity contribution is 14.1. The van der Waals surface area contributed by atoms with Gasteiger partial charge in [0.2, 0.25) is 0 Å². The Labute approximate surface area is 119 Å². The number of benzene rings is 1. The fraction of sp³-hybridized carbons (Fsp3) is 0.333. The zero-order chi connectivity index (χ0) is 10.2. The van der Waals surface area contributed by atoms with Crippen LogP contribution in [0.3, 0.4) is 0 Å². The molecule has 0 radical (unpaired) electrons. The highest BCUT2D eigenvalue weighted by atomic mass is 127. The van der Waals surface area contributed by atoms with Gasteiger partial charge in [-0.1, -0.05) is 0 Å². The first-order valence-electron chi connectivity index (χ1n) is 3.68. The summed E-state index contributed by atoms with van der Waals surface area (Å²) in [4.78, 5) is 0. The summed E-state index contributed by atoms with van der Waals surface area (Å²) in [6.45, 7) is 4.27. The van der Waals surface area contributed by atoms with Gasteiger partial charge in [0.05, 0.1) is 14.3 Å². The molecule has 0 aliphatic carbocycles. The summed E-state index contributed by atoms with van der Waals surface area (Å²) < 4.78 is 9.16. The van der Waals surface area contributed by atoms with Gasteiger partial charge in [-0.25, -0.2) is 0 Å². The Morgan fingerprint density at radius 3 is 1.54 bits per heavy atom. The van der Waals surface area contributed by atoms with Crippen LogP contribution in [0.4, 0.5) is 0 Å². The Balaban J connectivity index is 3.56. The van der Waals surface area contributed by atoms with E-state index >= 15 is 0 Å². The minimum Gasteiger partial charge on any atom is -0.495 e. The SMILES string of the molecule is COc1c(I)c(C)c(I)c(C)c1I. The first kappa shape index (κ1) is 12.3. The average Bonchev–Trinajstić information content (AvgIpc) is 2.13. The lowest BCUT2D eigenvalue weighted by Gasteiger charge is -2.13. The summed E-state index contributed by atoms with van der Waals surface area (Å²) >= 11 is 7.06. The van der Waals surface area contributed by atoms with Gasteiger partial charge in [-0.05, 0) is 92.7 Å². The number of ether oxygens (including phenoxy) is 1. The third kappa shape index (κ3) is 2.24. The van der Waals surface area contributed by atoms with Crippen molar-refractivity contribution in [3.05, 3.63) is 21.8 Å². The molecule has 0 saturated carbocycles. The summed E-state index contributed by atoms with van der Waals surface area (Å²) in [7, 11) is 1.73. The number of hydrogen-bond acceptors (Lipinski definition) is 1. The Kier molecular flexibility index (Phi) is 4.55. The molecule has 0 aromatic heterocycles. The molecule has 13 heavy (non-hydrogen) atoms. The molecule has 0 fully saturated rings.